The molecule has 0 radical (unpaired) electrons. The number of rotatable bonds is 3. The number of carbonyl (C=O) groups excluding carboxylic acids is 1. The molecule has 0 bridgehead atoms. The predicted molar refractivity (Wildman–Crippen MR) is 83.9 cm³/mol. The van der Waals surface area contributed by atoms with Crippen LogP contribution in [0, 0.1) is 5.82 Å². The molecule has 1 aliphatic rings. The van der Waals surface area contributed by atoms with Crippen LogP contribution in [0.25, 0.3) is 10.9 Å². The maximum Gasteiger partial charge on any atom is 0.256 e. The number of ether oxygens (including phenoxy) is 1. The third kappa shape index (κ3) is 2.97. The summed E-state index contributed by atoms with van der Waals surface area (Å²) in [6.07, 6.45) is 2.08. The molecule has 23 heavy (non-hydrogen) atoms. The third-order valence-electron chi connectivity index (χ3n) is 4.11. The van der Waals surface area contributed by atoms with E-state index in [0.717, 1.165) is 0 Å². The molecule has 0 atom stereocenters. The van der Waals surface area contributed by atoms with Gasteiger partial charge in [0.1, 0.15) is 16.9 Å². The summed E-state index contributed by atoms with van der Waals surface area (Å²) in [5.41, 5.74) is -0.885. The van der Waals surface area contributed by atoms with Gasteiger partial charge in [0, 0.05) is 17.6 Å². The van der Waals surface area contributed by atoms with Crippen LogP contribution in [0.4, 0.5) is 10.1 Å². The normalized spacial score (nSPS) is 17.0. The van der Waals surface area contributed by atoms with Crippen LogP contribution in [0.5, 0.6) is 5.75 Å². The van der Waals surface area contributed by atoms with Crippen molar-refractivity contribution in [3.8, 4) is 5.75 Å². The number of hydrogen-bond acceptors (Lipinski definition) is 5. The molecule has 0 unspecified atom stereocenters. The molecular weight excluding hydrogens is 301 g/mol. The van der Waals surface area contributed by atoms with Gasteiger partial charge in [-0.3, -0.25) is 9.78 Å². The van der Waals surface area contributed by atoms with Gasteiger partial charge in [0.05, 0.1) is 12.8 Å². The van der Waals surface area contributed by atoms with Gasteiger partial charge < -0.3 is 20.5 Å². The van der Waals surface area contributed by atoms with Crippen molar-refractivity contribution in [3.63, 3.8) is 0 Å². The topological polar surface area (TPSA) is 83.5 Å². The van der Waals surface area contributed by atoms with Crippen LogP contribution >= 0.6 is 0 Å². The summed E-state index contributed by atoms with van der Waals surface area (Å²) in [6, 6.07) is 4.42. The van der Waals surface area contributed by atoms with Gasteiger partial charge in [0.2, 0.25) is 0 Å². The minimum absolute atomic E-state index is 0.140. The number of nitrogens with zero attached hydrogens (tertiary/aromatic N) is 1. The number of aromatic nitrogens is 1. The fourth-order valence-electron chi connectivity index (χ4n) is 2.72. The van der Waals surface area contributed by atoms with Gasteiger partial charge in [-0.1, -0.05) is 0 Å². The zero-order valence-electron chi connectivity index (χ0n) is 12.7. The summed E-state index contributed by atoms with van der Waals surface area (Å²) in [4.78, 5) is 16.4. The maximum absolute atomic E-state index is 14.1. The molecule has 122 valence electrons. The average molecular weight is 319 g/mol. The molecule has 0 spiro atoms. The van der Waals surface area contributed by atoms with Crippen molar-refractivity contribution in [1.29, 1.82) is 0 Å². The van der Waals surface area contributed by atoms with Gasteiger partial charge in [0.15, 0.2) is 5.82 Å². The molecule has 7 heteroatoms. The molecule has 1 aliphatic heterocycles. The molecule has 1 saturated heterocycles. The fourth-order valence-corrected chi connectivity index (χ4v) is 2.72. The molecular formula is C16H18FN3O3. The Morgan fingerprint density at radius 3 is 2.87 bits per heavy atom. The lowest BCUT2D eigenvalue weighted by atomic mass is 9.91. The van der Waals surface area contributed by atoms with Crippen molar-refractivity contribution in [3.05, 3.63) is 30.2 Å². The Bertz CT molecular complexity index is 745. The van der Waals surface area contributed by atoms with E-state index in [0.29, 0.717) is 42.8 Å². The van der Waals surface area contributed by atoms with E-state index >= 15 is 0 Å². The van der Waals surface area contributed by atoms with Crippen molar-refractivity contribution in [2.75, 3.05) is 25.5 Å². The number of nitrogens with one attached hydrogen (secondary N) is 2. The minimum Gasteiger partial charge on any atom is -0.497 e. The van der Waals surface area contributed by atoms with Gasteiger partial charge in [-0.25, -0.2) is 4.39 Å². The standard InChI is InChI=1S/C16H18FN3O3/c1-23-10-8-11-13(2-5-19-14(11)12(17)9-10)20-15(21)16(22)3-6-18-7-4-16/h2,5,8-9,18,22H,3-4,6-7H2,1H3,(H,19,20,21). The molecule has 2 heterocycles. The number of carbonyl (C=O) groups is 1. The number of benzene rings is 1. The molecule has 1 aromatic carbocycles. The second-order valence-electron chi connectivity index (χ2n) is 5.60. The van der Waals surface area contributed by atoms with E-state index in [1.165, 1.54) is 19.4 Å². The number of aliphatic hydroxyl groups is 1. The van der Waals surface area contributed by atoms with E-state index in [9.17, 15) is 14.3 Å². The van der Waals surface area contributed by atoms with Crippen LogP contribution in [0.2, 0.25) is 0 Å². The maximum atomic E-state index is 14.1. The molecule has 0 saturated carbocycles. The average Bonchev–Trinajstić information content (AvgIpc) is 2.56. The summed E-state index contributed by atoms with van der Waals surface area (Å²) in [5.74, 6) is -0.690. The van der Waals surface area contributed by atoms with E-state index in [2.05, 4.69) is 15.6 Å². The fraction of sp³-hybridized carbons (Fsp3) is 0.375. The van der Waals surface area contributed by atoms with Gasteiger partial charge in [-0.05, 0) is 38.1 Å². The minimum atomic E-state index is -1.42. The number of halogens is 1. The smallest absolute Gasteiger partial charge is 0.256 e. The van der Waals surface area contributed by atoms with Gasteiger partial charge in [0.25, 0.3) is 5.91 Å². The lowest BCUT2D eigenvalue weighted by Gasteiger charge is -2.31. The Hall–Kier alpha value is -2.25. The van der Waals surface area contributed by atoms with Crippen molar-refractivity contribution < 1.29 is 19.0 Å². The number of anilines is 1. The predicted octanol–water partition coefficient (Wildman–Crippen LogP) is 1.44. The molecule has 1 amide bonds. The quantitative estimate of drug-likeness (QED) is 0.797. The SMILES string of the molecule is COc1cc(F)c2nccc(NC(=O)C3(O)CCNCC3)c2c1. The third-order valence-corrected chi connectivity index (χ3v) is 4.11. The van der Waals surface area contributed by atoms with Gasteiger partial charge in [-0.15, -0.1) is 0 Å². The molecule has 1 fully saturated rings. The van der Waals surface area contributed by atoms with Crippen LogP contribution in [0.1, 0.15) is 12.8 Å². The van der Waals surface area contributed by atoms with Crippen LogP contribution in [-0.2, 0) is 4.79 Å². The Kier molecular flexibility index (Phi) is 4.14. The monoisotopic (exact) mass is 319 g/mol. The lowest BCUT2D eigenvalue weighted by molar-refractivity contribution is -0.136. The number of amides is 1. The van der Waals surface area contributed by atoms with Crippen molar-refractivity contribution >= 4 is 22.5 Å². The number of hydrogen-bond donors (Lipinski definition) is 3. The zero-order valence-corrected chi connectivity index (χ0v) is 12.7. The first-order valence-corrected chi connectivity index (χ1v) is 7.40. The van der Waals surface area contributed by atoms with E-state index in [-0.39, 0.29) is 5.52 Å². The van der Waals surface area contributed by atoms with Crippen LogP contribution in [-0.4, -0.2) is 41.8 Å². The Labute approximate surface area is 132 Å². The second kappa shape index (κ2) is 6.10. The zero-order chi connectivity index (χ0) is 16.4. The highest BCUT2D eigenvalue weighted by Gasteiger charge is 2.37. The summed E-state index contributed by atoms with van der Waals surface area (Å²) in [7, 11) is 1.44. The molecule has 3 rings (SSSR count). The molecule has 0 aliphatic carbocycles. The summed E-state index contributed by atoms with van der Waals surface area (Å²) in [6.45, 7) is 1.15. The first kappa shape index (κ1) is 15.6. The van der Waals surface area contributed by atoms with Gasteiger partial charge >= 0.3 is 0 Å². The van der Waals surface area contributed by atoms with E-state index in [4.69, 9.17) is 4.74 Å². The van der Waals surface area contributed by atoms with E-state index in [1.54, 1.807) is 12.1 Å². The Balaban J connectivity index is 1.96. The molecule has 2 aromatic rings. The van der Waals surface area contributed by atoms with Gasteiger partial charge in [-0.2, -0.15) is 0 Å². The lowest BCUT2D eigenvalue weighted by Crippen LogP contribution is -2.50. The van der Waals surface area contributed by atoms with E-state index < -0.39 is 17.3 Å². The number of methoxy groups -OCH3 is 1. The summed E-state index contributed by atoms with van der Waals surface area (Å²) in [5, 5.41) is 16.7. The first-order chi connectivity index (χ1) is 11.0. The Morgan fingerprint density at radius 1 is 1.43 bits per heavy atom. The van der Waals surface area contributed by atoms with Crippen molar-refractivity contribution in [2.45, 2.75) is 18.4 Å². The van der Waals surface area contributed by atoms with E-state index in [1.807, 2.05) is 0 Å². The molecule has 6 nitrogen and oxygen atoms in total. The molecule has 3 N–H and O–H groups in total. The largest absolute Gasteiger partial charge is 0.497 e. The number of piperidine rings is 1. The number of fused-ring (bicyclic) bond motifs is 1. The molecule has 1 aromatic heterocycles. The Morgan fingerprint density at radius 2 is 2.17 bits per heavy atom. The highest BCUT2D eigenvalue weighted by molar-refractivity contribution is 6.04. The second-order valence-corrected chi connectivity index (χ2v) is 5.60. The summed E-state index contributed by atoms with van der Waals surface area (Å²) < 4.78 is 19.1. The number of pyridine rings is 1. The van der Waals surface area contributed by atoms with Crippen molar-refractivity contribution in [2.24, 2.45) is 0 Å². The summed E-state index contributed by atoms with van der Waals surface area (Å²) >= 11 is 0. The highest BCUT2D eigenvalue weighted by atomic mass is 19.1. The van der Waals surface area contributed by atoms with Crippen LogP contribution in [0.3, 0.4) is 0 Å². The first-order valence-electron chi connectivity index (χ1n) is 7.40. The van der Waals surface area contributed by atoms with Crippen LogP contribution < -0.4 is 15.4 Å². The van der Waals surface area contributed by atoms with Crippen LogP contribution in [0.15, 0.2) is 24.4 Å². The highest BCUT2D eigenvalue weighted by Crippen LogP contribution is 2.29. The van der Waals surface area contributed by atoms with Crippen molar-refractivity contribution in [1.82, 2.24) is 10.3 Å².